The second-order valence-corrected chi connectivity index (χ2v) is 4.84. The van der Waals surface area contributed by atoms with E-state index in [1.165, 1.54) is 10.8 Å². The van der Waals surface area contributed by atoms with Crippen molar-refractivity contribution in [3.63, 3.8) is 0 Å². The molecule has 0 heterocycles. The molecule has 2 atom stereocenters. The van der Waals surface area contributed by atoms with Gasteiger partial charge in [-0.15, -0.1) is 0 Å². The van der Waals surface area contributed by atoms with Gasteiger partial charge in [0.1, 0.15) is 0 Å². The number of hydrogen-bond donors (Lipinski definition) is 2. The van der Waals surface area contributed by atoms with Crippen molar-refractivity contribution in [2.24, 2.45) is 0 Å². The molecule has 0 unspecified atom stereocenters. The lowest BCUT2D eigenvalue weighted by Gasteiger charge is -2.16. The first-order valence-electron chi connectivity index (χ1n) is 6.61. The number of nitrogens with one attached hydrogen (secondary N) is 1. The number of aliphatic hydroxyl groups is 1. The Morgan fingerprint density at radius 2 is 1.83 bits per heavy atom. The summed E-state index contributed by atoms with van der Waals surface area (Å²) in [5, 5.41) is 15.9. The molecule has 0 saturated heterocycles. The van der Waals surface area contributed by atoms with Gasteiger partial charge in [-0.3, -0.25) is 0 Å². The van der Waals surface area contributed by atoms with Crippen molar-refractivity contribution < 1.29 is 5.11 Å². The zero-order valence-corrected chi connectivity index (χ0v) is 11.1. The smallest absolute Gasteiger partial charge is 0.0914 e. The van der Waals surface area contributed by atoms with E-state index in [2.05, 4.69) is 43.4 Å². The fraction of sp³-hybridized carbons (Fsp3) is 0.375. The molecule has 2 nitrogen and oxygen atoms in total. The number of hydrogen-bond acceptors (Lipinski definition) is 2. The Bertz CT molecular complexity index is 509. The van der Waals surface area contributed by atoms with E-state index in [0.29, 0.717) is 12.6 Å². The largest absolute Gasteiger partial charge is 0.387 e. The van der Waals surface area contributed by atoms with Crippen LogP contribution < -0.4 is 5.32 Å². The Hall–Kier alpha value is -1.38. The summed E-state index contributed by atoms with van der Waals surface area (Å²) in [6.07, 6.45) is 0.633. The predicted octanol–water partition coefficient (Wildman–Crippen LogP) is 3.26. The van der Waals surface area contributed by atoms with E-state index in [1.54, 1.807) is 0 Å². The zero-order chi connectivity index (χ0) is 13.0. The van der Waals surface area contributed by atoms with E-state index < -0.39 is 6.10 Å². The van der Waals surface area contributed by atoms with Crippen LogP contribution in [0, 0.1) is 0 Å². The van der Waals surface area contributed by atoms with Crippen LogP contribution >= 0.6 is 0 Å². The van der Waals surface area contributed by atoms with Gasteiger partial charge in [-0.25, -0.2) is 0 Å². The maximum atomic E-state index is 10.2. The van der Waals surface area contributed by atoms with Crippen LogP contribution in [0.2, 0.25) is 0 Å². The molecule has 0 bridgehead atoms. The molecule has 96 valence electrons. The SMILES string of the molecule is CC[C@H](C)NC[C@@H](O)c1ccc2ccccc2c1. The van der Waals surface area contributed by atoms with Crippen LogP contribution in [0.25, 0.3) is 10.8 Å². The highest BCUT2D eigenvalue weighted by Crippen LogP contribution is 2.20. The van der Waals surface area contributed by atoms with Gasteiger partial charge in [0.2, 0.25) is 0 Å². The molecule has 0 aromatic heterocycles. The molecular weight excluding hydrogens is 222 g/mol. The summed E-state index contributed by atoms with van der Waals surface area (Å²) in [5.74, 6) is 0. The van der Waals surface area contributed by atoms with Gasteiger partial charge in [-0.05, 0) is 35.7 Å². The Balaban J connectivity index is 2.10. The molecule has 2 N–H and O–H groups in total. The van der Waals surface area contributed by atoms with Crippen molar-refractivity contribution in [3.05, 3.63) is 48.0 Å². The van der Waals surface area contributed by atoms with Crippen molar-refractivity contribution in [1.82, 2.24) is 5.32 Å². The van der Waals surface area contributed by atoms with Gasteiger partial charge in [0.05, 0.1) is 6.10 Å². The molecule has 2 rings (SSSR count). The van der Waals surface area contributed by atoms with Gasteiger partial charge < -0.3 is 10.4 Å². The van der Waals surface area contributed by atoms with E-state index >= 15 is 0 Å². The summed E-state index contributed by atoms with van der Waals surface area (Å²) >= 11 is 0. The highest BCUT2D eigenvalue weighted by atomic mass is 16.3. The molecular formula is C16H21NO. The first kappa shape index (κ1) is 13.1. The molecule has 2 aromatic rings. The first-order valence-corrected chi connectivity index (χ1v) is 6.61. The van der Waals surface area contributed by atoms with Crippen LogP contribution in [-0.2, 0) is 0 Å². The minimum Gasteiger partial charge on any atom is -0.387 e. The van der Waals surface area contributed by atoms with Crippen molar-refractivity contribution >= 4 is 10.8 Å². The topological polar surface area (TPSA) is 32.3 Å². The molecule has 0 amide bonds. The van der Waals surface area contributed by atoms with Crippen LogP contribution in [0.15, 0.2) is 42.5 Å². The summed E-state index contributed by atoms with van der Waals surface area (Å²) in [6, 6.07) is 14.8. The molecule has 2 aromatic carbocycles. The summed E-state index contributed by atoms with van der Waals surface area (Å²) in [6.45, 7) is 4.88. The second-order valence-electron chi connectivity index (χ2n) is 4.84. The fourth-order valence-electron chi connectivity index (χ4n) is 1.99. The molecule has 0 fully saturated rings. The third-order valence-electron chi connectivity index (χ3n) is 3.43. The van der Waals surface area contributed by atoms with Gasteiger partial charge in [0, 0.05) is 12.6 Å². The third kappa shape index (κ3) is 3.09. The van der Waals surface area contributed by atoms with Gasteiger partial charge in [0.15, 0.2) is 0 Å². The predicted molar refractivity (Wildman–Crippen MR) is 76.7 cm³/mol. The van der Waals surface area contributed by atoms with Crippen LogP contribution in [0.1, 0.15) is 31.9 Å². The molecule has 18 heavy (non-hydrogen) atoms. The lowest BCUT2D eigenvalue weighted by atomic mass is 10.0. The Morgan fingerprint density at radius 3 is 2.56 bits per heavy atom. The normalized spacial score (nSPS) is 14.6. The van der Waals surface area contributed by atoms with Gasteiger partial charge in [-0.2, -0.15) is 0 Å². The van der Waals surface area contributed by atoms with Gasteiger partial charge in [-0.1, -0.05) is 43.3 Å². The molecule has 0 radical (unpaired) electrons. The Kier molecular flexibility index (Phi) is 4.34. The van der Waals surface area contributed by atoms with Gasteiger partial charge in [0.25, 0.3) is 0 Å². The molecule has 0 aliphatic heterocycles. The van der Waals surface area contributed by atoms with E-state index in [-0.39, 0.29) is 0 Å². The number of aliphatic hydroxyl groups excluding tert-OH is 1. The summed E-state index contributed by atoms with van der Waals surface area (Å²) in [5.41, 5.74) is 0.976. The molecule has 0 aliphatic carbocycles. The maximum Gasteiger partial charge on any atom is 0.0914 e. The minimum absolute atomic E-state index is 0.441. The lowest BCUT2D eigenvalue weighted by Crippen LogP contribution is -2.29. The third-order valence-corrected chi connectivity index (χ3v) is 3.43. The standard InChI is InChI=1S/C16H21NO/c1-3-12(2)17-11-16(18)15-9-8-13-6-4-5-7-14(13)10-15/h4-10,12,16-18H,3,11H2,1-2H3/t12-,16+/m0/s1. The van der Waals surface area contributed by atoms with Crippen LogP contribution in [-0.4, -0.2) is 17.7 Å². The Labute approximate surface area is 109 Å². The second kappa shape index (κ2) is 5.98. The van der Waals surface area contributed by atoms with E-state index in [0.717, 1.165) is 12.0 Å². The monoisotopic (exact) mass is 243 g/mol. The van der Waals surface area contributed by atoms with Crippen molar-refractivity contribution in [3.8, 4) is 0 Å². The van der Waals surface area contributed by atoms with Crippen molar-refractivity contribution in [2.45, 2.75) is 32.4 Å². The highest BCUT2D eigenvalue weighted by molar-refractivity contribution is 5.83. The van der Waals surface area contributed by atoms with Crippen molar-refractivity contribution in [2.75, 3.05) is 6.54 Å². The van der Waals surface area contributed by atoms with Gasteiger partial charge >= 0.3 is 0 Å². The summed E-state index contributed by atoms with van der Waals surface area (Å²) in [4.78, 5) is 0. The average molecular weight is 243 g/mol. The number of benzene rings is 2. The zero-order valence-electron chi connectivity index (χ0n) is 11.1. The quantitative estimate of drug-likeness (QED) is 0.844. The van der Waals surface area contributed by atoms with Crippen LogP contribution in [0.5, 0.6) is 0 Å². The van der Waals surface area contributed by atoms with E-state index in [1.807, 2.05) is 18.2 Å². The summed E-state index contributed by atoms with van der Waals surface area (Å²) < 4.78 is 0. The maximum absolute atomic E-state index is 10.2. The van der Waals surface area contributed by atoms with E-state index in [9.17, 15) is 5.11 Å². The number of rotatable bonds is 5. The van der Waals surface area contributed by atoms with Crippen LogP contribution in [0.3, 0.4) is 0 Å². The van der Waals surface area contributed by atoms with E-state index in [4.69, 9.17) is 0 Å². The van der Waals surface area contributed by atoms with Crippen LogP contribution in [0.4, 0.5) is 0 Å². The Morgan fingerprint density at radius 1 is 1.11 bits per heavy atom. The first-order chi connectivity index (χ1) is 8.70. The molecule has 0 aliphatic rings. The number of fused-ring (bicyclic) bond motifs is 1. The molecule has 0 spiro atoms. The fourth-order valence-corrected chi connectivity index (χ4v) is 1.99. The van der Waals surface area contributed by atoms with Crippen molar-refractivity contribution in [1.29, 1.82) is 0 Å². The lowest BCUT2D eigenvalue weighted by molar-refractivity contribution is 0.170. The highest BCUT2D eigenvalue weighted by Gasteiger charge is 2.09. The summed E-state index contributed by atoms with van der Waals surface area (Å²) in [7, 11) is 0. The average Bonchev–Trinajstić information content (AvgIpc) is 2.43. The minimum atomic E-state index is -0.441. The molecule has 2 heteroatoms. The molecule has 0 saturated carbocycles.